The zero-order valence-electron chi connectivity index (χ0n) is 8.74. The fourth-order valence-corrected chi connectivity index (χ4v) is 1.72. The quantitative estimate of drug-likeness (QED) is 0.836. The molecule has 0 fully saturated rings. The fourth-order valence-electron chi connectivity index (χ4n) is 1.49. The Morgan fingerprint density at radius 1 is 1.33 bits per heavy atom. The molecule has 0 aliphatic rings. The molecule has 15 heavy (non-hydrogen) atoms. The number of rotatable bonds is 2. The maximum atomic E-state index is 4.39. The lowest BCUT2D eigenvalue weighted by Crippen LogP contribution is -2.05. The average Bonchev–Trinajstić information content (AvgIpc) is 2.49. The third kappa shape index (κ3) is 2.45. The van der Waals surface area contributed by atoms with Crippen LogP contribution < -0.4 is 0 Å². The summed E-state index contributed by atoms with van der Waals surface area (Å²) in [7, 11) is 0. The van der Waals surface area contributed by atoms with Crippen LogP contribution in [0.5, 0.6) is 0 Å². The Labute approximate surface area is 97.3 Å². The summed E-state index contributed by atoms with van der Waals surface area (Å²) >= 11 is 3.36. The molecule has 2 aromatic rings. The Balaban J connectivity index is 2.21. The lowest BCUT2D eigenvalue weighted by Gasteiger charge is -2.03. The minimum absolute atomic E-state index is 0.729. The maximum absolute atomic E-state index is 4.39. The molecule has 4 heteroatoms. The third-order valence-electron chi connectivity index (χ3n) is 2.20. The Morgan fingerprint density at radius 3 is 2.67 bits per heavy atom. The molecule has 0 N–H and O–H groups in total. The number of aromatic nitrogens is 3. The van der Waals surface area contributed by atoms with Gasteiger partial charge in [0.05, 0.1) is 17.9 Å². The first kappa shape index (κ1) is 10.4. The Morgan fingerprint density at radius 2 is 2.13 bits per heavy atom. The lowest BCUT2D eigenvalue weighted by molar-refractivity contribution is 0.646. The Hall–Kier alpha value is -1.16. The second-order valence-electron chi connectivity index (χ2n) is 3.55. The molecule has 3 nitrogen and oxygen atoms in total. The summed E-state index contributed by atoms with van der Waals surface area (Å²) in [4.78, 5) is 4.32. The van der Waals surface area contributed by atoms with Gasteiger partial charge in [-0.05, 0) is 48.0 Å². The van der Waals surface area contributed by atoms with Crippen LogP contribution in [-0.4, -0.2) is 14.8 Å². The molecule has 0 radical (unpaired) electrons. The number of hydrogen-bond acceptors (Lipinski definition) is 2. The van der Waals surface area contributed by atoms with Gasteiger partial charge in [-0.25, -0.2) is 0 Å². The van der Waals surface area contributed by atoms with Crippen LogP contribution in [-0.2, 0) is 6.54 Å². The molecule has 0 amide bonds. The van der Waals surface area contributed by atoms with Crippen LogP contribution in [0.1, 0.15) is 17.1 Å². The molecule has 0 aliphatic carbocycles. The molecular weight excluding hydrogens is 254 g/mol. The molecule has 0 saturated heterocycles. The first-order valence-corrected chi connectivity index (χ1v) is 5.56. The van der Waals surface area contributed by atoms with Crippen molar-refractivity contribution in [2.75, 3.05) is 0 Å². The van der Waals surface area contributed by atoms with Gasteiger partial charge in [0.25, 0.3) is 0 Å². The van der Waals surface area contributed by atoms with Crippen molar-refractivity contribution in [1.82, 2.24) is 14.8 Å². The lowest BCUT2D eigenvalue weighted by atomic mass is 10.3. The smallest absolute Gasteiger partial charge is 0.0834 e. The molecule has 2 aromatic heterocycles. The van der Waals surface area contributed by atoms with E-state index in [-0.39, 0.29) is 0 Å². The van der Waals surface area contributed by atoms with E-state index in [0.717, 1.165) is 28.1 Å². The van der Waals surface area contributed by atoms with Crippen LogP contribution in [0.25, 0.3) is 0 Å². The molecule has 2 rings (SSSR count). The fraction of sp³-hybridized carbons (Fsp3) is 0.273. The first-order chi connectivity index (χ1) is 7.15. The van der Waals surface area contributed by atoms with Crippen LogP contribution in [0.15, 0.2) is 28.9 Å². The Kier molecular flexibility index (Phi) is 2.86. The number of aryl methyl sites for hydroxylation is 2. The second-order valence-corrected chi connectivity index (χ2v) is 4.47. The van der Waals surface area contributed by atoms with Crippen molar-refractivity contribution in [3.63, 3.8) is 0 Å². The molecule has 0 aromatic carbocycles. The summed E-state index contributed by atoms with van der Waals surface area (Å²) < 4.78 is 2.96. The highest BCUT2D eigenvalue weighted by molar-refractivity contribution is 9.10. The van der Waals surface area contributed by atoms with E-state index in [2.05, 4.69) is 39.0 Å². The van der Waals surface area contributed by atoms with Crippen LogP contribution in [0.3, 0.4) is 0 Å². The zero-order valence-corrected chi connectivity index (χ0v) is 10.3. The molecule has 0 aliphatic heterocycles. The van der Waals surface area contributed by atoms with Crippen molar-refractivity contribution >= 4 is 15.9 Å². The van der Waals surface area contributed by atoms with Crippen LogP contribution in [0, 0.1) is 13.8 Å². The van der Waals surface area contributed by atoms with Crippen LogP contribution in [0.2, 0.25) is 0 Å². The van der Waals surface area contributed by atoms with E-state index in [9.17, 15) is 0 Å². The number of pyridine rings is 1. The minimum atomic E-state index is 0.729. The molecule has 78 valence electrons. The van der Waals surface area contributed by atoms with Crippen LogP contribution >= 0.6 is 15.9 Å². The normalized spacial score (nSPS) is 10.6. The zero-order chi connectivity index (χ0) is 10.8. The first-order valence-electron chi connectivity index (χ1n) is 4.76. The van der Waals surface area contributed by atoms with Gasteiger partial charge in [-0.3, -0.25) is 9.67 Å². The highest BCUT2D eigenvalue weighted by atomic mass is 79.9. The van der Waals surface area contributed by atoms with Gasteiger partial charge in [0.1, 0.15) is 0 Å². The van der Waals surface area contributed by atoms with Gasteiger partial charge >= 0.3 is 0 Å². The van der Waals surface area contributed by atoms with E-state index in [1.165, 1.54) is 0 Å². The highest BCUT2D eigenvalue weighted by Gasteiger charge is 2.02. The number of hydrogen-bond donors (Lipinski definition) is 0. The van der Waals surface area contributed by atoms with Crippen molar-refractivity contribution in [2.24, 2.45) is 0 Å². The molecule has 0 atom stereocenters. The minimum Gasteiger partial charge on any atom is -0.264 e. The maximum Gasteiger partial charge on any atom is 0.0834 e. The molecule has 0 saturated carbocycles. The van der Waals surface area contributed by atoms with E-state index in [4.69, 9.17) is 0 Å². The summed E-state index contributed by atoms with van der Waals surface area (Å²) in [5.41, 5.74) is 3.23. The molecule has 0 bridgehead atoms. The Bertz CT molecular complexity index is 459. The SMILES string of the molecule is Cc1cc(C)n(Cc2ccc(Br)cn2)n1. The third-order valence-corrected chi connectivity index (χ3v) is 2.67. The van der Waals surface area contributed by atoms with Gasteiger partial charge in [0, 0.05) is 16.4 Å². The standard InChI is InChI=1S/C11H12BrN3/c1-8-5-9(2)15(14-8)7-11-4-3-10(12)6-13-11/h3-6H,7H2,1-2H3. The van der Waals surface area contributed by atoms with Gasteiger partial charge < -0.3 is 0 Å². The molecule has 2 heterocycles. The van der Waals surface area contributed by atoms with Crippen molar-refractivity contribution in [3.05, 3.63) is 46.0 Å². The predicted octanol–water partition coefficient (Wildman–Crippen LogP) is 2.71. The van der Waals surface area contributed by atoms with E-state index in [1.54, 1.807) is 6.20 Å². The van der Waals surface area contributed by atoms with Gasteiger partial charge in [-0.2, -0.15) is 5.10 Å². The van der Waals surface area contributed by atoms with Gasteiger partial charge in [-0.15, -0.1) is 0 Å². The average molecular weight is 266 g/mol. The monoisotopic (exact) mass is 265 g/mol. The molecular formula is C11H12BrN3. The number of halogens is 1. The summed E-state index contributed by atoms with van der Waals surface area (Å²) in [6, 6.07) is 6.06. The van der Waals surface area contributed by atoms with E-state index in [1.807, 2.05) is 23.7 Å². The summed E-state index contributed by atoms with van der Waals surface area (Å²) in [6.07, 6.45) is 1.81. The van der Waals surface area contributed by atoms with E-state index in [0.29, 0.717) is 0 Å². The van der Waals surface area contributed by atoms with Crippen molar-refractivity contribution in [3.8, 4) is 0 Å². The van der Waals surface area contributed by atoms with E-state index >= 15 is 0 Å². The summed E-state index contributed by atoms with van der Waals surface area (Å²) in [6.45, 7) is 4.78. The van der Waals surface area contributed by atoms with E-state index < -0.39 is 0 Å². The van der Waals surface area contributed by atoms with Gasteiger partial charge in [-0.1, -0.05) is 0 Å². The summed E-state index contributed by atoms with van der Waals surface area (Å²) in [5.74, 6) is 0. The largest absolute Gasteiger partial charge is 0.264 e. The van der Waals surface area contributed by atoms with Crippen molar-refractivity contribution in [1.29, 1.82) is 0 Å². The van der Waals surface area contributed by atoms with Crippen molar-refractivity contribution in [2.45, 2.75) is 20.4 Å². The van der Waals surface area contributed by atoms with Crippen LogP contribution in [0.4, 0.5) is 0 Å². The number of nitrogens with zero attached hydrogens (tertiary/aromatic N) is 3. The topological polar surface area (TPSA) is 30.7 Å². The molecule has 0 unspecified atom stereocenters. The second kappa shape index (κ2) is 4.14. The van der Waals surface area contributed by atoms with Gasteiger partial charge in [0.2, 0.25) is 0 Å². The van der Waals surface area contributed by atoms with Crippen molar-refractivity contribution < 1.29 is 0 Å². The van der Waals surface area contributed by atoms with Gasteiger partial charge in [0.15, 0.2) is 0 Å². The predicted molar refractivity (Wildman–Crippen MR) is 62.7 cm³/mol. The summed E-state index contributed by atoms with van der Waals surface area (Å²) in [5, 5.41) is 4.39. The highest BCUT2D eigenvalue weighted by Crippen LogP contribution is 2.09. The molecule has 0 spiro atoms.